The zero-order valence-corrected chi connectivity index (χ0v) is 24.5. The predicted octanol–water partition coefficient (Wildman–Crippen LogP) is 6.37. The van der Waals surface area contributed by atoms with Gasteiger partial charge in [0, 0.05) is 0 Å². The van der Waals surface area contributed by atoms with Gasteiger partial charge in [-0.1, -0.05) is 48.5 Å². The fourth-order valence-corrected chi connectivity index (χ4v) is 5.16. The highest BCUT2D eigenvalue weighted by molar-refractivity contribution is 6.43. The third-order valence-corrected chi connectivity index (χ3v) is 7.38. The van der Waals surface area contributed by atoms with E-state index in [1.165, 1.54) is 28.4 Å². The predicted molar refractivity (Wildman–Crippen MR) is 165 cm³/mol. The summed E-state index contributed by atoms with van der Waals surface area (Å²) in [5, 5.41) is 0. The normalized spacial score (nSPS) is 12.3. The number of allylic oxidation sites excluding steroid dienone is 4. The molecule has 0 fully saturated rings. The van der Waals surface area contributed by atoms with Crippen molar-refractivity contribution in [1.82, 2.24) is 0 Å². The smallest absolute Gasteiger partial charge is 0.337 e. The van der Waals surface area contributed by atoms with Gasteiger partial charge in [0.15, 0.2) is 0 Å². The van der Waals surface area contributed by atoms with Crippen LogP contribution in [0.5, 0.6) is 0 Å². The first-order valence-electron chi connectivity index (χ1n) is 13.6. The second kappa shape index (κ2) is 12.6. The average Bonchev–Trinajstić information content (AvgIpc) is 3.07. The van der Waals surface area contributed by atoms with Crippen molar-refractivity contribution in [2.45, 2.75) is 0 Å². The van der Waals surface area contributed by atoms with Crippen LogP contribution in [0.4, 0.5) is 0 Å². The number of methoxy groups -OCH3 is 4. The summed E-state index contributed by atoms with van der Waals surface area (Å²) in [5.41, 5.74) is 8.57. The molecule has 0 N–H and O–H groups in total. The van der Waals surface area contributed by atoms with Crippen LogP contribution in [0, 0.1) is 0 Å². The van der Waals surface area contributed by atoms with Crippen molar-refractivity contribution < 1.29 is 38.1 Å². The molecule has 0 amide bonds. The third kappa shape index (κ3) is 5.53. The molecule has 8 nitrogen and oxygen atoms in total. The van der Waals surface area contributed by atoms with Gasteiger partial charge in [-0.15, -0.1) is 0 Å². The van der Waals surface area contributed by atoms with E-state index < -0.39 is 23.9 Å². The minimum absolute atomic E-state index is 0.409. The maximum absolute atomic E-state index is 12.2. The Morgan fingerprint density at radius 3 is 0.614 bits per heavy atom. The monoisotopic (exact) mass is 588 g/mol. The van der Waals surface area contributed by atoms with E-state index in [1.807, 2.05) is 48.5 Å². The molecule has 0 saturated carbocycles. The molecule has 5 rings (SSSR count). The lowest BCUT2D eigenvalue weighted by Gasteiger charge is -2.33. The molecule has 0 bridgehead atoms. The van der Waals surface area contributed by atoms with Crippen LogP contribution in [-0.2, 0) is 18.9 Å². The number of carbonyl (C=O) groups is 4. The van der Waals surface area contributed by atoms with Gasteiger partial charge in [-0.3, -0.25) is 0 Å². The summed E-state index contributed by atoms with van der Waals surface area (Å²) in [4.78, 5) is 48.6. The minimum Gasteiger partial charge on any atom is -0.465 e. The molecule has 4 aromatic rings. The van der Waals surface area contributed by atoms with Gasteiger partial charge in [0.05, 0.1) is 50.7 Å². The largest absolute Gasteiger partial charge is 0.465 e. The SMILES string of the molecule is COC(=O)c1ccc(C2=C(c3ccc(C(=O)OC)cc3)C(c3ccc(C(=O)OC)cc3)=C2c2ccc(C(=O)OC)cc2)cc1. The molecular formula is C36H28O8. The molecule has 0 aliphatic heterocycles. The van der Waals surface area contributed by atoms with Crippen molar-refractivity contribution in [3.05, 3.63) is 142 Å². The van der Waals surface area contributed by atoms with Crippen molar-refractivity contribution in [3.63, 3.8) is 0 Å². The van der Waals surface area contributed by atoms with E-state index in [4.69, 9.17) is 18.9 Å². The van der Waals surface area contributed by atoms with E-state index in [-0.39, 0.29) is 0 Å². The Kier molecular flexibility index (Phi) is 8.53. The first-order valence-corrected chi connectivity index (χ1v) is 13.6. The lowest BCUT2D eigenvalue weighted by molar-refractivity contribution is 0.0592. The summed E-state index contributed by atoms with van der Waals surface area (Å²) in [7, 11) is 5.32. The first kappa shape index (κ1) is 29.7. The van der Waals surface area contributed by atoms with E-state index in [0.29, 0.717) is 22.3 Å². The van der Waals surface area contributed by atoms with Gasteiger partial charge in [-0.25, -0.2) is 19.2 Å². The van der Waals surface area contributed by atoms with Gasteiger partial charge >= 0.3 is 23.9 Å². The van der Waals surface area contributed by atoms with Gasteiger partial charge in [-0.05, 0) is 93.1 Å². The standard InChI is InChI=1S/C36H28O8/c1-41-33(37)25-13-5-21(6-14-25)29-30(22-7-15-26(16-8-22)34(38)42-2)32(24-11-19-28(20-12-24)36(40)44-4)31(29)23-9-17-27(18-10-23)35(39)43-3/h5-20H,1-4H3. The van der Waals surface area contributed by atoms with Crippen molar-refractivity contribution in [3.8, 4) is 0 Å². The summed E-state index contributed by atoms with van der Waals surface area (Å²) >= 11 is 0. The molecule has 0 radical (unpaired) electrons. The second-order valence-corrected chi connectivity index (χ2v) is 9.78. The molecule has 0 heterocycles. The number of rotatable bonds is 8. The van der Waals surface area contributed by atoms with E-state index >= 15 is 0 Å². The maximum Gasteiger partial charge on any atom is 0.337 e. The summed E-state index contributed by atoms with van der Waals surface area (Å²) in [6, 6.07) is 28.4. The number of hydrogen-bond acceptors (Lipinski definition) is 8. The molecule has 0 atom stereocenters. The van der Waals surface area contributed by atoms with Crippen LogP contribution in [0.2, 0.25) is 0 Å². The maximum atomic E-state index is 12.2. The van der Waals surface area contributed by atoms with Crippen molar-refractivity contribution >= 4 is 46.2 Å². The topological polar surface area (TPSA) is 105 Å². The van der Waals surface area contributed by atoms with Crippen LogP contribution < -0.4 is 0 Å². The first-order chi connectivity index (χ1) is 21.3. The minimum atomic E-state index is -0.446. The number of benzene rings is 4. The quantitative estimate of drug-likeness (QED) is 0.173. The molecule has 1 aliphatic carbocycles. The highest BCUT2D eigenvalue weighted by Crippen LogP contribution is 2.56. The van der Waals surface area contributed by atoms with Crippen LogP contribution in [-0.4, -0.2) is 52.3 Å². The van der Waals surface area contributed by atoms with Crippen molar-refractivity contribution in [2.75, 3.05) is 28.4 Å². The molecule has 0 saturated heterocycles. The number of hydrogen-bond donors (Lipinski definition) is 0. The Balaban J connectivity index is 1.73. The zero-order valence-electron chi connectivity index (χ0n) is 24.5. The van der Waals surface area contributed by atoms with Gasteiger partial charge in [0.2, 0.25) is 0 Å². The van der Waals surface area contributed by atoms with Crippen molar-refractivity contribution in [1.29, 1.82) is 0 Å². The fourth-order valence-electron chi connectivity index (χ4n) is 5.16. The molecule has 44 heavy (non-hydrogen) atoms. The van der Waals surface area contributed by atoms with E-state index in [2.05, 4.69) is 0 Å². The van der Waals surface area contributed by atoms with Crippen LogP contribution in [0.25, 0.3) is 22.3 Å². The number of ether oxygens (including phenoxy) is 4. The Morgan fingerprint density at radius 1 is 0.318 bits per heavy atom. The fraction of sp³-hybridized carbons (Fsp3) is 0.111. The van der Waals surface area contributed by atoms with E-state index in [0.717, 1.165) is 44.5 Å². The summed E-state index contributed by atoms with van der Waals surface area (Å²) in [5.74, 6) is -1.78. The van der Waals surface area contributed by atoms with Gasteiger partial charge in [-0.2, -0.15) is 0 Å². The Labute approximate surface area is 254 Å². The summed E-state index contributed by atoms with van der Waals surface area (Å²) < 4.78 is 19.5. The van der Waals surface area contributed by atoms with E-state index in [9.17, 15) is 19.2 Å². The highest BCUT2D eigenvalue weighted by atomic mass is 16.5. The van der Waals surface area contributed by atoms with Gasteiger partial charge in [0.25, 0.3) is 0 Å². The Bertz CT molecular complexity index is 1530. The molecule has 0 unspecified atom stereocenters. The number of esters is 4. The lowest BCUT2D eigenvalue weighted by Crippen LogP contribution is -2.12. The molecule has 0 spiro atoms. The molecule has 1 aliphatic rings. The van der Waals surface area contributed by atoms with Crippen molar-refractivity contribution in [2.24, 2.45) is 0 Å². The Morgan fingerprint density at radius 2 is 0.477 bits per heavy atom. The average molecular weight is 589 g/mol. The molecule has 8 heteroatoms. The number of carbonyl (C=O) groups excluding carboxylic acids is 4. The van der Waals surface area contributed by atoms with Gasteiger partial charge in [0.1, 0.15) is 0 Å². The molecule has 0 aromatic heterocycles. The summed E-state index contributed by atoms with van der Waals surface area (Å²) in [6.45, 7) is 0. The molecule has 4 aromatic carbocycles. The zero-order chi connectivity index (χ0) is 31.4. The summed E-state index contributed by atoms with van der Waals surface area (Å²) in [6.07, 6.45) is 0. The Hall–Kier alpha value is -5.76. The molecular weight excluding hydrogens is 560 g/mol. The van der Waals surface area contributed by atoms with Crippen LogP contribution in [0.15, 0.2) is 97.1 Å². The van der Waals surface area contributed by atoms with Gasteiger partial charge < -0.3 is 18.9 Å². The highest BCUT2D eigenvalue weighted by Gasteiger charge is 2.33. The van der Waals surface area contributed by atoms with E-state index in [1.54, 1.807) is 48.5 Å². The van der Waals surface area contributed by atoms with Crippen LogP contribution in [0.3, 0.4) is 0 Å². The molecule has 220 valence electrons. The third-order valence-electron chi connectivity index (χ3n) is 7.38. The van der Waals surface area contributed by atoms with Crippen LogP contribution >= 0.6 is 0 Å². The van der Waals surface area contributed by atoms with Crippen LogP contribution in [0.1, 0.15) is 63.7 Å². The second-order valence-electron chi connectivity index (χ2n) is 9.78. The lowest BCUT2D eigenvalue weighted by atomic mass is 9.69.